The molecule has 0 aliphatic heterocycles. The molecule has 2 aromatic heterocycles. The fourth-order valence-electron chi connectivity index (χ4n) is 2.41. The standard InChI is InChI=1S/C16H14FN5O2S2/c17-12-9-11(20-15-18-6-5-13(21-15)10-1-2-10)3-4-14(12)26(23,24)22-16-19-7-8-25-16/h3-10H,1-2H2,(H,19,22)(H,18,20,21). The van der Waals surface area contributed by atoms with Gasteiger partial charge in [-0.15, -0.1) is 11.3 Å². The highest BCUT2D eigenvalue weighted by Gasteiger charge is 2.25. The Labute approximate surface area is 153 Å². The maximum atomic E-state index is 14.4. The van der Waals surface area contributed by atoms with Gasteiger partial charge in [0.2, 0.25) is 5.95 Å². The zero-order valence-corrected chi connectivity index (χ0v) is 15.0. The van der Waals surface area contributed by atoms with Crippen LogP contribution in [0.4, 0.5) is 21.2 Å². The van der Waals surface area contributed by atoms with Crippen LogP contribution >= 0.6 is 11.3 Å². The van der Waals surface area contributed by atoms with E-state index in [2.05, 4.69) is 25.0 Å². The topological polar surface area (TPSA) is 96.9 Å². The highest BCUT2D eigenvalue weighted by molar-refractivity contribution is 7.93. The smallest absolute Gasteiger partial charge is 0.266 e. The minimum absolute atomic E-state index is 0.178. The quantitative estimate of drug-likeness (QED) is 0.668. The first-order chi connectivity index (χ1) is 12.5. The fourth-order valence-corrected chi connectivity index (χ4v) is 4.26. The summed E-state index contributed by atoms with van der Waals surface area (Å²) in [6.45, 7) is 0. The molecule has 0 atom stereocenters. The molecule has 1 aliphatic carbocycles. The monoisotopic (exact) mass is 391 g/mol. The van der Waals surface area contributed by atoms with E-state index in [4.69, 9.17) is 0 Å². The van der Waals surface area contributed by atoms with Gasteiger partial charge in [-0.05, 0) is 37.1 Å². The predicted octanol–water partition coefficient (Wildman–Crippen LogP) is 3.49. The predicted molar refractivity (Wildman–Crippen MR) is 96.6 cm³/mol. The minimum Gasteiger partial charge on any atom is -0.324 e. The van der Waals surface area contributed by atoms with Crippen molar-refractivity contribution in [3.63, 3.8) is 0 Å². The Balaban J connectivity index is 1.55. The maximum Gasteiger partial charge on any atom is 0.266 e. The van der Waals surface area contributed by atoms with Crippen molar-refractivity contribution in [1.29, 1.82) is 0 Å². The van der Waals surface area contributed by atoms with Crippen molar-refractivity contribution in [1.82, 2.24) is 15.0 Å². The van der Waals surface area contributed by atoms with E-state index in [1.807, 2.05) is 6.07 Å². The number of halogens is 1. The number of benzene rings is 1. The van der Waals surface area contributed by atoms with Crippen LogP contribution in [0.5, 0.6) is 0 Å². The lowest BCUT2D eigenvalue weighted by Gasteiger charge is -2.09. The molecule has 0 radical (unpaired) electrons. The molecule has 0 saturated heterocycles. The molecule has 0 unspecified atom stereocenters. The molecule has 1 saturated carbocycles. The second-order valence-corrected chi connectivity index (χ2v) is 8.34. The molecule has 0 spiro atoms. The molecule has 4 rings (SSSR count). The Hall–Kier alpha value is -2.59. The van der Waals surface area contributed by atoms with E-state index in [1.54, 1.807) is 11.6 Å². The number of hydrogen-bond acceptors (Lipinski definition) is 7. The van der Waals surface area contributed by atoms with E-state index in [-0.39, 0.29) is 5.13 Å². The molecule has 3 aromatic rings. The molecule has 134 valence electrons. The molecule has 26 heavy (non-hydrogen) atoms. The van der Waals surface area contributed by atoms with Gasteiger partial charge in [-0.3, -0.25) is 4.72 Å². The van der Waals surface area contributed by atoms with Gasteiger partial charge < -0.3 is 5.32 Å². The van der Waals surface area contributed by atoms with Gasteiger partial charge in [-0.2, -0.15) is 0 Å². The second kappa shape index (κ2) is 6.61. The molecule has 1 aliphatic rings. The van der Waals surface area contributed by atoms with Crippen molar-refractivity contribution >= 4 is 38.1 Å². The first-order valence-electron chi connectivity index (χ1n) is 7.83. The number of hydrogen-bond donors (Lipinski definition) is 2. The van der Waals surface area contributed by atoms with Crippen LogP contribution in [0.2, 0.25) is 0 Å². The first-order valence-corrected chi connectivity index (χ1v) is 10.2. The number of nitrogens with one attached hydrogen (secondary N) is 2. The molecule has 7 nitrogen and oxygen atoms in total. The summed E-state index contributed by atoms with van der Waals surface area (Å²) in [5, 5.41) is 4.70. The summed E-state index contributed by atoms with van der Waals surface area (Å²) in [5.41, 5.74) is 1.32. The Morgan fingerprint density at radius 3 is 2.69 bits per heavy atom. The number of nitrogens with zero attached hydrogens (tertiary/aromatic N) is 3. The summed E-state index contributed by atoms with van der Waals surface area (Å²) in [6, 6.07) is 5.62. The second-order valence-electron chi connectivity index (χ2n) is 5.79. The summed E-state index contributed by atoms with van der Waals surface area (Å²) < 4.78 is 41.2. The highest BCUT2D eigenvalue weighted by atomic mass is 32.2. The molecule has 1 aromatic carbocycles. The van der Waals surface area contributed by atoms with Gasteiger partial charge in [-0.25, -0.2) is 27.8 Å². The van der Waals surface area contributed by atoms with Gasteiger partial charge in [0.25, 0.3) is 10.0 Å². The van der Waals surface area contributed by atoms with Crippen LogP contribution in [0.15, 0.2) is 46.9 Å². The van der Waals surface area contributed by atoms with Crippen molar-refractivity contribution in [2.24, 2.45) is 0 Å². The number of rotatable bonds is 6. The summed E-state index contributed by atoms with van der Waals surface area (Å²) in [6.07, 6.45) is 5.34. The van der Waals surface area contributed by atoms with Crippen molar-refractivity contribution < 1.29 is 12.8 Å². The van der Waals surface area contributed by atoms with E-state index in [1.165, 1.54) is 18.3 Å². The van der Waals surface area contributed by atoms with Crippen molar-refractivity contribution in [2.75, 3.05) is 10.0 Å². The summed E-state index contributed by atoms with van der Waals surface area (Å²) >= 11 is 1.11. The molecule has 10 heteroatoms. The van der Waals surface area contributed by atoms with Crippen LogP contribution in [0.3, 0.4) is 0 Å². The fraction of sp³-hybridized carbons (Fsp3) is 0.188. The zero-order valence-electron chi connectivity index (χ0n) is 13.4. The van der Waals surface area contributed by atoms with Crippen LogP contribution < -0.4 is 10.0 Å². The third kappa shape index (κ3) is 3.65. The summed E-state index contributed by atoms with van der Waals surface area (Å²) in [7, 11) is -4.05. The maximum absolute atomic E-state index is 14.4. The van der Waals surface area contributed by atoms with Gasteiger partial charge in [0.05, 0.1) is 0 Å². The van der Waals surface area contributed by atoms with Gasteiger partial charge in [0, 0.05) is 35.1 Å². The minimum atomic E-state index is -4.05. The van der Waals surface area contributed by atoms with Crippen LogP contribution in [-0.4, -0.2) is 23.4 Å². The lowest BCUT2D eigenvalue weighted by atomic mass is 10.3. The molecule has 0 bridgehead atoms. The van der Waals surface area contributed by atoms with Crippen molar-refractivity contribution in [3.8, 4) is 0 Å². The third-order valence-electron chi connectivity index (χ3n) is 3.80. The lowest BCUT2D eigenvalue weighted by molar-refractivity contribution is 0.570. The first kappa shape index (κ1) is 16.9. The molecule has 1 fully saturated rings. The van der Waals surface area contributed by atoms with E-state index in [0.29, 0.717) is 17.6 Å². The largest absolute Gasteiger partial charge is 0.324 e. The van der Waals surface area contributed by atoms with E-state index >= 15 is 0 Å². The molecule has 2 heterocycles. The van der Waals surface area contributed by atoms with Gasteiger partial charge in [0.1, 0.15) is 10.7 Å². The summed E-state index contributed by atoms with van der Waals surface area (Å²) in [4.78, 5) is 11.9. The van der Waals surface area contributed by atoms with E-state index in [9.17, 15) is 12.8 Å². The average Bonchev–Trinajstić information content (AvgIpc) is 3.33. The summed E-state index contributed by atoms with van der Waals surface area (Å²) in [5.74, 6) is -0.0533. The van der Waals surface area contributed by atoms with Crippen LogP contribution in [0, 0.1) is 5.82 Å². The Morgan fingerprint density at radius 1 is 1.15 bits per heavy atom. The molecular formula is C16H14FN5O2S2. The van der Waals surface area contributed by atoms with Crippen molar-refractivity contribution in [2.45, 2.75) is 23.7 Å². The van der Waals surface area contributed by atoms with Gasteiger partial charge in [0.15, 0.2) is 5.13 Å². The molecule has 0 amide bonds. The number of thiazole rings is 1. The Kier molecular flexibility index (Phi) is 4.29. The number of anilines is 3. The van der Waals surface area contributed by atoms with Gasteiger partial charge >= 0.3 is 0 Å². The number of sulfonamides is 1. The Morgan fingerprint density at radius 2 is 2.00 bits per heavy atom. The van der Waals surface area contributed by atoms with E-state index in [0.717, 1.165) is 35.9 Å². The number of aromatic nitrogens is 3. The normalized spacial score (nSPS) is 14.2. The average molecular weight is 391 g/mol. The SMILES string of the molecule is O=S(=O)(Nc1nccs1)c1ccc(Nc2nccc(C3CC3)n2)cc1F. The zero-order chi connectivity index (χ0) is 18.1. The van der Waals surface area contributed by atoms with E-state index < -0.39 is 20.7 Å². The molecular weight excluding hydrogens is 377 g/mol. The van der Waals surface area contributed by atoms with Gasteiger partial charge in [-0.1, -0.05) is 0 Å². The van der Waals surface area contributed by atoms with Crippen LogP contribution in [0.1, 0.15) is 24.5 Å². The lowest BCUT2D eigenvalue weighted by Crippen LogP contribution is -2.14. The van der Waals surface area contributed by atoms with Crippen LogP contribution in [0.25, 0.3) is 0 Å². The molecule has 2 N–H and O–H groups in total. The van der Waals surface area contributed by atoms with Crippen LogP contribution in [-0.2, 0) is 10.0 Å². The third-order valence-corrected chi connectivity index (χ3v) is 5.99. The highest BCUT2D eigenvalue weighted by Crippen LogP contribution is 2.39. The van der Waals surface area contributed by atoms with Crippen molar-refractivity contribution in [3.05, 3.63) is 53.6 Å². The Bertz CT molecular complexity index is 1040.